The number of nitrogens with one attached hydrogen (secondary N) is 2. The molecule has 5 nitrogen and oxygen atoms in total. The van der Waals surface area contributed by atoms with E-state index in [-0.39, 0.29) is 17.2 Å². The number of amides is 1. The maximum absolute atomic E-state index is 12.7. The molecule has 0 spiro atoms. The molecule has 0 aliphatic heterocycles. The first-order valence-electron chi connectivity index (χ1n) is 9.70. The van der Waals surface area contributed by atoms with Gasteiger partial charge >= 0.3 is 0 Å². The van der Waals surface area contributed by atoms with Gasteiger partial charge in [-0.1, -0.05) is 30.3 Å². The van der Waals surface area contributed by atoms with E-state index in [9.17, 15) is 13.2 Å². The van der Waals surface area contributed by atoms with E-state index in [1.54, 1.807) is 18.2 Å². The van der Waals surface area contributed by atoms with Crippen molar-refractivity contribution >= 4 is 27.3 Å². The van der Waals surface area contributed by atoms with E-state index in [0.29, 0.717) is 11.4 Å². The molecule has 0 aliphatic rings. The zero-order valence-electron chi connectivity index (χ0n) is 17.6. The van der Waals surface area contributed by atoms with Gasteiger partial charge in [0.1, 0.15) is 0 Å². The highest BCUT2D eigenvalue weighted by Gasteiger charge is 2.15. The first-order valence-corrected chi connectivity index (χ1v) is 11.2. The Kier molecular flexibility index (Phi) is 6.27. The van der Waals surface area contributed by atoms with Crippen molar-refractivity contribution in [3.05, 3.63) is 88.5 Å². The summed E-state index contributed by atoms with van der Waals surface area (Å²) in [7, 11) is -3.72. The lowest BCUT2D eigenvalue weighted by Gasteiger charge is -2.12. The van der Waals surface area contributed by atoms with Gasteiger partial charge < -0.3 is 5.32 Å². The average molecular weight is 423 g/mol. The third-order valence-corrected chi connectivity index (χ3v) is 6.40. The first kappa shape index (κ1) is 21.6. The van der Waals surface area contributed by atoms with Gasteiger partial charge in [-0.15, -0.1) is 0 Å². The fourth-order valence-electron chi connectivity index (χ4n) is 3.07. The Morgan fingerprint density at radius 2 is 1.47 bits per heavy atom. The zero-order chi connectivity index (χ0) is 21.9. The van der Waals surface area contributed by atoms with Crippen molar-refractivity contribution in [2.24, 2.45) is 0 Å². The molecule has 0 atom stereocenters. The predicted molar refractivity (Wildman–Crippen MR) is 121 cm³/mol. The second kappa shape index (κ2) is 8.71. The summed E-state index contributed by atoms with van der Waals surface area (Å²) in [5.74, 6) is -0.151. The molecule has 0 fully saturated rings. The third kappa shape index (κ3) is 5.27. The molecule has 1 amide bonds. The maximum Gasteiger partial charge on any atom is 0.261 e. The Hall–Kier alpha value is -3.12. The van der Waals surface area contributed by atoms with Crippen LogP contribution in [0.15, 0.2) is 65.6 Å². The molecule has 0 aromatic heterocycles. The summed E-state index contributed by atoms with van der Waals surface area (Å²) in [6.07, 6.45) is 0.259. The molecular formula is C24H26N2O3S. The van der Waals surface area contributed by atoms with Gasteiger partial charge in [0.05, 0.1) is 17.0 Å². The van der Waals surface area contributed by atoms with Crippen LogP contribution in [-0.2, 0) is 21.2 Å². The Bertz CT molecular complexity index is 1180. The van der Waals surface area contributed by atoms with Crippen LogP contribution in [0.5, 0.6) is 0 Å². The van der Waals surface area contributed by atoms with Gasteiger partial charge in [-0.05, 0) is 85.8 Å². The molecule has 0 bridgehead atoms. The average Bonchev–Trinajstić information content (AvgIpc) is 2.68. The van der Waals surface area contributed by atoms with Crippen LogP contribution in [0.1, 0.15) is 27.8 Å². The summed E-state index contributed by atoms with van der Waals surface area (Å²) in [4.78, 5) is 12.5. The lowest BCUT2D eigenvalue weighted by atomic mass is 10.0. The molecule has 3 aromatic rings. The molecular weight excluding hydrogens is 396 g/mol. The van der Waals surface area contributed by atoms with Crippen molar-refractivity contribution in [1.82, 2.24) is 0 Å². The summed E-state index contributed by atoms with van der Waals surface area (Å²) < 4.78 is 28.0. The Balaban J connectivity index is 1.68. The molecule has 2 N–H and O–H groups in total. The van der Waals surface area contributed by atoms with Crippen LogP contribution in [0.4, 0.5) is 11.4 Å². The minimum Gasteiger partial charge on any atom is -0.326 e. The molecule has 30 heavy (non-hydrogen) atoms. The SMILES string of the molecule is Cc1ccc(C)c(NS(=O)(=O)c2ccc(NC(=O)Cc3ccc(C)c(C)c3)cc2)c1. The van der Waals surface area contributed by atoms with E-state index in [4.69, 9.17) is 0 Å². The Morgan fingerprint density at radius 1 is 0.800 bits per heavy atom. The summed E-state index contributed by atoms with van der Waals surface area (Å²) >= 11 is 0. The molecule has 3 aromatic carbocycles. The molecule has 0 heterocycles. The molecule has 0 saturated carbocycles. The van der Waals surface area contributed by atoms with Gasteiger partial charge in [-0.3, -0.25) is 9.52 Å². The van der Waals surface area contributed by atoms with Crippen LogP contribution in [-0.4, -0.2) is 14.3 Å². The van der Waals surface area contributed by atoms with Gasteiger partial charge in [0.15, 0.2) is 0 Å². The number of rotatable bonds is 6. The lowest BCUT2D eigenvalue weighted by Crippen LogP contribution is -2.16. The smallest absolute Gasteiger partial charge is 0.261 e. The van der Waals surface area contributed by atoms with Crippen LogP contribution < -0.4 is 10.0 Å². The van der Waals surface area contributed by atoms with Gasteiger partial charge in [0.25, 0.3) is 10.0 Å². The number of benzene rings is 3. The highest BCUT2D eigenvalue weighted by Crippen LogP contribution is 2.22. The summed E-state index contributed by atoms with van der Waals surface area (Å²) in [5, 5.41) is 2.82. The van der Waals surface area contributed by atoms with Gasteiger partial charge in [-0.25, -0.2) is 8.42 Å². The highest BCUT2D eigenvalue weighted by atomic mass is 32.2. The lowest BCUT2D eigenvalue weighted by molar-refractivity contribution is -0.115. The molecule has 0 saturated heterocycles. The van der Waals surface area contributed by atoms with Crippen LogP contribution in [0.3, 0.4) is 0 Å². The van der Waals surface area contributed by atoms with E-state index in [0.717, 1.165) is 22.3 Å². The predicted octanol–water partition coefficient (Wildman–Crippen LogP) is 4.90. The second-order valence-electron chi connectivity index (χ2n) is 7.59. The number of aryl methyl sites for hydroxylation is 4. The summed E-state index contributed by atoms with van der Waals surface area (Å²) in [6.45, 7) is 7.81. The van der Waals surface area contributed by atoms with E-state index < -0.39 is 10.0 Å². The van der Waals surface area contributed by atoms with Crippen molar-refractivity contribution in [1.29, 1.82) is 0 Å². The largest absolute Gasteiger partial charge is 0.326 e. The first-order chi connectivity index (χ1) is 14.1. The second-order valence-corrected chi connectivity index (χ2v) is 9.27. The van der Waals surface area contributed by atoms with Crippen molar-refractivity contribution in [3.63, 3.8) is 0 Å². The molecule has 0 unspecified atom stereocenters. The van der Waals surface area contributed by atoms with Gasteiger partial charge in [0.2, 0.25) is 5.91 Å². The molecule has 0 radical (unpaired) electrons. The van der Waals surface area contributed by atoms with E-state index >= 15 is 0 Å². The van der Waals surface area contributed by atoms with Gasteiger partial charge in [-0.2, -0.15) is 0 Å². The number of carbonyl (C=O) groups excluding carboxylic acids is 1. The van der Waals surface area contributed by atoms with Crippen molar-refractivity contribution in [3.8, 4) is 0 Å². The molecule has 156 valence electrons. The van der Waals surface area contributed by atoms with Crippen LogP contribution in [0.25, 0.3) is 0 Å². The maximum atomic E-state index is 12.7. The zero-order valence-corrected chi connectivity index (χ0v) is 18.4. The molecule has 6 heteroatoms. The van der Waals surface area contributed by atoms with E-state index in [1.807, 2.05) is 58.0 Å². The normalized spacial score (nSPS) is 11.2. The monoisotopic (exact) mass is 422 g/mol. The molecule has 0 aliphatic carbocycles. The van der Waals surface area contributed by atoms with Gasteiger partial charge in [0, 0.05) is 5.69 Å². The highest BCUT2D eigenvalue weighted by molar-refractivity contribution is 7.92. The number of hydrogen-bond donors (Lipinski definition) is 2. The number of carbonyl (C=O) groups is 1. The third-order valence-electron chi connectivity index (χ3n) is 5.02. The van der Waals surface area contributed by atoms with Crippen molar-refractivity contribution < 1.29 is 13.2 Å². The summed E-state index contributed by atoms with van der Waals surface area (Å²) in [5.41, 5.74) is 6.19. The van der Waals surface area contributed by atoms with Crippen LogP contribution in [0, 0.1) is 27.7 Å². The van der Waals surface area contributed by atoms with Crippen molar-refractivity contribution in [2.75, 3.05) is 10.0 Å². The van der Waals surface area contributed by atoms with E-state index in [2.05, 4.69) is 10.0 Å². The van der Waals surface area contributed by atoms with Crippen molar-refractivity contribution in [2.45, 2.75) is 39.0 Å². The standard InChI is InChI=1S/C24H26N2O3S/c1-16-5-6-18(3)23(13-16)26-30(28,29)22-11-9-21(10-12-22)25-24(27)15-20-8-7-17(2)19(4)14-20/h5-14,26H,15H2,1-4H3,(H,25,27). The fraction of sp³-hybridized carbons (Fsp3) is 0.208. The number of hydrogen-bond acceptors (Lipinski definition) is 3. The number of sulfonamides is 1. The fourth-order valence-corrected chi connectivity index (χ4v) is 4.19. The molecule has 3 rings (SSSR count). The Morgan fingerprint density at radius 3 is 2.13 bits per heavy atom. The Labute approximate surface area is 178 Å². The van der Waals surface area contributed by atoms with Crippen LogP contribution in [0.2, 0.25) is 0 Å². The minimum atomic E-state index is -3.72. The van der Waals surface area contributed by atoms with Crippen LogP contribution >= 0.6 is 0 Å². The topological polar surface area (TPSA) is 75.3 Å². The number of anilines is 2. The quantitative estimate of drug-likeness (QED) is 0.593. The minimum absolute atomic E-state index is 0.135. The summed E-state index contributed by atoms with van der Waals surface area (Å²) in [6, 6.07) is 17.7. The van der Waals surface area contributed by atoms with E-state index in [1.165, 1.54) is 17.7 Å².